The highest BCUT2D eigenvalue weighted by atomic mass is 16.4. The number of aliphatic carboxylic acids is 1. The molecular formula is C23H25N3O4. The summed E-state index contributed by atoms with van der Waals surface area (Å²) in [7, 11) is 0. The third kappa shape index (κ3) is 3.19. The summed E-state index contributed by atoms with van der Waals surface area (Å²) in [4.78, 5) is 44.9. The first-order chi connectivity index (χ1) is 14.5. The summed E-state index contributed by atoms with van der Waals surface area (Å²) in [5.41, 5.74) is -0.0769. The Morgan fingerprint density at radius 1 is 1.13 bits per heavy atom. The molecule has 2 saturated heterocycles. The topological polar surface area (TPSA) is 99.6 Å². The number of nitrogens with one attached hydrogen (secondary N) is 1. The Kier molecular flexibility index (Phi) is 5.39. The van der Waals surface area contributed by atoms with Crippen LogP contribution in [-0.2, 0) is 20.9 Å². The van der Waals surface area contributed by atoms with Crippen LogP contribution in [0.2, 0.25) is 0 Å². The Bertz CT molecular complexity index is 949. The van der Waals surface area contributed by atoms with Crippen LogP contribution in [-0.4, -0.2) is 38.3 Å². The van der Waals surface area contributed by atoms with Crippen molar-refractivity contribution in [2.24, 2.45) is 11.8 Å². The van der Waals surface area contributed by atoms with Crippen molar-refractivity contribution in [2.75, 3.05) is 0 Å². The van der Waals surface area contributed by atoms with Gasteiger partial charge in [0.15, 0.2) is 0 Å². The molecule has 2 amide bonds. The Labute approximate surface area is 175 Å². The fraction of sp³-hybridized carbons (Fsp3) is 0.391. The zero-order valence-corrected chi connectivity index (χ0v) is 16.8. The fourth-order valence-corrected chi connectivity index (χ4v) is 4.79. The molecule has 30 heavy (non-hydrogen) atoms. The van der Waals surface area contributed by atoms with E-state index in [1.165, 1.54) is 4.90 Å². The summed E-state index contributed by atoms with van der Waals surface area (Å²) in [6.45, 7) is 2.12. The van der Waals surface area contributed by atoms with E-state index in [4.69, 9.17) is 0 Å². The molecule has 2 aromatic rings. The van der Waals surface area contributed by atoms with E-state index in [-0.39, 0.29) is 18.9 Å². The van der Waals surface area contributed by atoms with Crippen LogP contribution in [0.1, 0.15) is 43.5 Å². The van der Waals surface area contributed by atoms with Gasteiger partial charge in [-0.3, -0.25) is 29.6 Å². The number of benzene rings is 1. The predicted octanol–water partition coefficient (Wildman–Crippen LogP) is 2.54. The van der Waals surface area contributed by atoms with Gasteiger partial charge in [0.2, 0.25) is 11.8 Å². The van der Waals surface area contributed by atoms with Gasteiger partial charge in [0, 0.05) is 6.20 Å². The number of rotatable bonds is 7. The van der Waals surface area contributed by atoms with Crippen LogP contribution in [0.5, 0.6) is 0 Å². The van der Waals surface area contributed by atoms with Crippen molar-refractivity contribution in [3.05, 3.63) is 66.0 Å². The monoisotopic (exact) mass is 407 g/mol. The van der Waals surface area contributed by atoms with Crippen LogP contribution in [0.3, 0.4) is 0 Å². The smallest absolute Gasteiger partial charge is 0.324 e. The van der Waals surface area contributed by atoms with E-state index in [9.17, 15) is 19.5 Å². The van der Waals surface area contributed by atoms with Crippen molar-refractivity contribution in [1.82, 2.24) is 15.2 Å². The van der Waals surface area contributed by atoms with E-state index in [1.54, 1.807) is 24.4 Å². The second-order valence-electron chi connectivity index (χ2n) is 8.01. The molecule has 4 atom stereocenters. The van der Waals surface area contributed by atoms with Gasteiger partial charge in [-0.15, -0.1) is 0 Å². The predicted molar refractivity (Wildman–Crippen MR) is 109 cm³/mol. The van der Waals surface area contributed by atoms with Crippen molar-refractivity contribution < 1.29 is 19.5 Å². The zero-order chi connectivity index (χ0) is 21.3. The molecule has 4 unspecified atom stereocenters. The van der Waals surface area contributed by atoms with Gasteiger partial charge >= 0.3 is 5.97 Å². The number of hydrogen-bond donors (Lipinski definition) is 2. The number of carbonyl (C=O) groups excluding carboxylic acids is 2. The SMILES string of the molecule is CCCCC1(C(=O)O)NC(c2ccccn2)C2C(=O)N(Cc3ccccc3)C(=O)C21. The summed E-state index contributed by atoms with van der Waals surface area (Å²) >= 11 is 0. The van der Waals surface area contributed by atoms with Crippen LogP contribution in [0, 0.1) is 11.8 Å². The maximum atomic E-state index is 13.4. The highest BCUT2D eigenvalue weighted by Crippen LogP contribution is 2.50. The number of unbranched alkanes of at least 4 members (excludes halogenated alkanes) is 1. The first-order valence-electron chi connectivity index (χ1n) is 10.3. The summed E-state index contributed by atoms with van der Waals surface area (Å²) in [6.07, 6.45) is 3.32. The summed E-state index contributed by atoms with van der Waals surface area (Å²) in [5.74, 6) is -3.59. The van der Waals surface area contributed by atoms with Gasteiger partial charge in [-0.2, -0.15) is 0 Å². The van der Waals surface area contributed by atoms with E-state index in [2.05, 4.69) is 10.3 Å². The second kappa shape index (κ2) is 7.99. The van der Waals surface area contributed by atoms with Gasteiger partial charge < -0.3 is 5.11 Å². The Balaban J connectivity index is 1.77. The maximum Gasteiger partial charge on any atom is 0.324 e. The minimum Gasteiger partial charge on any atom is -0.480 e. The van der Waals surface area contributed by atoms with Crippen LogP contribution < -0.4 is 5.32 Å². The number of carboxylic acid groups (broad SMARTS) is 1. The molecule has 0 aliphatic carbocycles. The molecule has 4 rings (SSSR count). The van der Waals surface area contributed by atoms with Crippen LogP contribution >= 0.6 is 0 Å². The van der Waals surface area contributed by atoms with Crippen molar-refractivity contribution in [2.45, 2.75) is 44.3 Å². The van der Waals surface area contributed by atoms with Gasteiger partial charge in [-0.1, -0.05) is 56.2 Å². The number of carbonyl (C=O) groups is 3. The van der Waals surface area contributed by atoms with Gasteiger partial charge in [-0.25, -0.2) is 0 Å². The Morgan fingerprint density at radius 2 is 1.87 bits per heavy atom. The average Bonchev–Trinajstić information content (AvgIpc) is 3.24. The highest BCUT2D eigenvalue weighted by molar-refractivity contribution is 6.09. The molecule has 7 heteroatoms. The van der Waals surface area contributed by atoms with Gasteiger partial charge in [0.05, 0.1) is 30.1 Å². The lowest BCUT2D eigenvalue weighted by Crippen LogP contribution is -2.55. The number of likely N-dealkylation sites (tertiary alicyclic amines) is 1. The lowest BCUT2D eigenvalue weighted by Gasteiger charge is -2.31. The molecule has 2 aliphatic rings. The number of pyridine rings is 1. The van der Waals surface area contributed by atoms with Gasteiger partial charge in [0.25, 0.3) is 0 Å². The number of aromatic nitrogens is 1. The molecule has 0 radical (unpaired) electrons. The number of imide groups is 1. The second-order valence-corrected chi connectivity index (χ2v) is 8.01. The van der Waals surface area contributed by atoms with E-state index in [0.717, 1.165) is 12.0 Å². The van der Waals surface area contributed by atoms with E-state index < -0.39 is 35.3 Å². The van der Waals surface area contributed by atoms with E-state index in [0.29, 0.717) is 12.1 Å². The van der Waals surface area contributed by atoms with Crippen molar-refractivity contribution in [1.29, 1.82) is 0 Å². The fourth-order valence-electron chi connectivity index (χ4n) is 4.79. The molecule has 2 fully saturated rings. The molecule has 156 valence electrons. The quantitative estimate of drug-likeness (QED) is 0.685. The number of fused-ring (bicyclic) bond motifs is 1. The van der Waals surface area contributed by atoms with Gasteiger partial charge in [0.1, 0.15) is 5.54 Å². The van der Waals surface area contributed by atoms with Crippen molar-refractivity contribution in [3.63, 3.8) is 0 Å². The normalized spacial score (nSPS) is 28.0. The first kappa shape index (κ1) is 20.2. The van der Waals surface area contributed by atoms with Crippen molar-refractivity contribution in [3.8, 4) is 0 Å². The standard InChI is InChI=1S/C23H25N3O4/c1-2-3-12-23(22(29)30)18-17(19(25-23)16-11-7-8-13-24-16)20(27)26(21(18)28)14-15-9-5-4-6-10-15/h4-11,13,17-19,25H,2-3,12,14H2,1H3,(H,29,30). The van der Waals surface area contributed by atoms with E-state index >= 15 is 0 Å². The van der Waals surface area contributed by atoms with Crippen molar-refractivity contribution >= 4 is 17.8 Å². The molecule has 2 N–H and O–H groups in total. The lowest BCUT2D eigenvalue weighted by atomic mass is 9.77. The molecule has 7 nitrogen and oxygen atoms in total. The molecule has 0 saturated carbocycles. The highest BCUT2D eigenvalue weighted by Gasteiger charge is 2.68. The van der Waals surface area contributed by atoms with Crippen LogP contribution in [0.4, 0.5) is 0 Å². The summed E-state index contributed by atoms with van der Waals surface area (Å²) in [5, 5.41) is 13.4. The Hall–Kier alpha value is -3.06. The summed E-state index contributed by atoms with van der Waals surface area (Å²) in [6, 6.07) is 14.0. The molecule has 0 bridgehead atoms. The molecule has 1 aromatic carbocycles. The molecular weight excluding hydrogens is 382 g/mol. The zero-order valence-electron chi connectivity index (χ0n) is 16.8. The summed E-state index contributed by atoms with van der Waals surface area (Å²) < 4.78 is 0. The third-order valence-electron chi connectivity index (χ3n) is 6.24. The Morgan fingerprint density at radius 3 is 2.50 bits per heavy atom. The average molecular weight is 407 g/mol. The number of amides is 2. The largest absolute Gasteiger partial charge is 0.480 e. The minimum atomic E-state index is -1.49. The first-order valence-corrected chi connectivity index (χ1v) is 10.3. The van der Waals surface area contributed by atoms with Gasteiger partial charge in [-0.05, 0) is 24.1 Å². The number of hydrogen-bond acceptors (Lipinski definition) is 5. The molecule has 0 spiro atoms. The molecule has 1 aromatic heterocycles. The molecule has 2 aliphatic heterocycles. The molecule has 3 heterocycles. The van der Waals surface area contributed by atoms with Crippen LogP contribution in [0.25, 0.3) is 0 Å². The van der Waals surface area contributed by atoms with Crippen LogP contribution in [0.15, 0.2) is 54.7 Å². The third-order valence-corrected chi connectivity index (χ3v) is 6.24. The maximum absolute atomic E-state index is 13.4. The minimum absolute atomic E-state index is 0.143. The lowest BCUT2D eigenvalue weighted by molar-refractivity contribution is -0.152. The number of nitrogens with zero attached hydrogens (tertiary/aromatic N) is 2. The number of carboxylic acids is 1. The van der Waals surface area contributed by atoms with E-state index in [1.807, 2.05) is 37.3 Å².